The number of carbonyl (C=O) groups is 1. The van der Waals surface area contributed by atoms with E-state index in [4.69, 9.17) is 10.8 Å². The normalized spacial score (nSPS) is 15.0. The van der Waals surface area contributed by atoms with E-state index in [1.54, 1.807) is 10.9 Å². The number of nitrogens with zero attached hydrogens (tertiary/aromatic N) is 2. The van der Waals surface area contributed by atoms with E-state index in [0.717, 1.165) is 0 Å². The maximum absolute atomic E-state index is 10.7. The predicted octanol–water partition coefficient (Wildman–Crippen LogP) is 0.465. The summed E-state index contributed by atoms with van der Waals surface area (Å²) < 4.78 is 1.76. The quantitative estimate of drug-likeness (QED) is 0.718. The zero-order valence-corrected chi connectivity index (χ0v) is 8.18. The molecule has 0 aliphatic carbocycles. The van der Waals surface area contributed by atoms with Gasteiger partial charge in [-0.05, 0) is 25.8 Å². The molecular weight excluding hydrogens is 182 g/mol. The van der Waals surface area contributed by atoms with Crippen molar-refractivity contribution >= 4 is 5.97 Å². The molecule has 1 rings (SSSR count). The fraction of sp³-hybridized carbons (Fsp3) is 0.556. The number of hydrogen-bond acceptors (Lipinski definition) is 3. The summed E-state index contributed by atoms with van der Waals surface area (Å²) in [5.74, 6) is -0.960. The molecule has 0 aliphatic heterocycles. The lowest BCUT2D eigenvalue weighted by Gasteiger charge is -2.18. The van der Waals surface area contributed by atoms with Crippen LogP contribution in [0.15, 0.2) is 18.5 Å². The molecule has 1 atom stereocenters. The van der Waals surface area contributed by atoms with Gasteiger partial charge in [0.05, 0.1) is 0 Å². The standard InChI is InChI=1S/C9H15N3O2/c1-9(10,8(13)14)4-2-6-12-7-3-5-11-12/h3,5,7H,2,4,6,10H2,1H3,(H,13,14). The van der Waals surface area contributed by atoms with Gasteiger partial charge < -0.3 is 10.8 Å². The summed E-state index contributed by atoms with van der Waals surface area (Å²) in [7, 11) is 0. The molecule has 0 amide bonds. The molecule has 1 aromatic heterocycles. The Bertz CT molecular complexity index is 293. The van der Waals surface area contributed by atoms with Crippen LogP contribution in [0.3, 0.4) is 0 Å². The first-order valence-electron chi connectivity index (χ1n) is 4.52. The number of rotatable bonds is 5. The van der Waals surface area contributed by atoms with Crippen molar-refractivity contribution in [3.8, 4) is 0 Å². The monoisotopic (exact) mass is 197 g/mol. The second kappa shape index (κ2) is 4.23. The van der Waals surface area contributed by atoms with Crippen LogP contribution in [0.1, 0.15) is 19.8 Å². The van der Waals surface area contributed by atoms with Gasteiger partial charge in [-0.15, -0.1) is 0 Å². The highest BCUT2D eigenvalue weighted by atomic mass is 16.4. The smallest absolute Gasteiger partial charge is 0.323 e. The van der Waals surface area contributed by atoms with Gasteiger partial charge in [-0.1, -0.05) is 0 Å². The van der Waals surface area contributed by atoms with Crippen LogP contribution < -0.4 is 5.73 Å². The Labute approximate surface area is 82.5 Å². The Kier molecular flexibility index (Phi) is 3.24. The summed E-state index contributed by atoms with van der Waals surface area (Å²) >= 11 is 0. The van der Waals surface area contributed by atoms with E-state index >= 15 is 0 Å². The van der Waals surface area contributed by atoms with Gasteiger partial charge in [0.1, 0.15) is 5.54 Å². The van der Waals surface area contributed by atoms with E-state index in [0.29, 0.717) is 19.4 Å². The Hall–Kier alpha value is -1.36. The Balaban J connectivity index is 2.31. The molecule has 1 heterocycles. The van der Waals surface area contributed by atoms with Crippen LogP contribution in [0.5, 0.6) is 0 Å². The molecule has 0 bridgehead atoms. The Morgan fingerprint density at radius 2 is 2.43 bits per heavy atom. The number of aryl methyl sites for hydroxylation is 1. The number of aliphatic carboxylic acids is 1. The molecule has 0 aliphatic rings. The highest BCUT2D eigenvalue weighted by Gasteiger charge is 2.26. The maximum Gasteiger partial charge on any atom is 0.323 e. The molecule has 0 aromatic carbocycles. The van der Waals surface area contributed by atoms with Gasteiger partial charge in [-0.3, -0.25) is 9.48 Å². The lowest BCUT2D eigenvalue weighted by molar-refractivity contribution is -0.142. The van der Waals surface area contributed by atoms with Gasteiger partial charge in [0, 0.05) is 18.9 Å². The number of carboxylic acids is 1. The number of nitrogens with two attached hydrogens (primary N) is 1. The molecule has 0 radical (unpaired) electrons. The lowest BCUT2D eigenvalue weighted by atomic mass is 9.98. The topological polar surface area (TPSA) is 81.1 Å². The summed E-state index contributed by atoms with van der Waals surface area (Å²) in [5.41, 5.74) is 4.44. The molecule has 0 saturated heterocycles. The zero-order chi connectivity index (χ0) is 10.6. The zero-order valence-electron chi connectivity index (χ0n) is 8.18. The summed E-state index contributed by atoms with van der Waals surface area (Å²) in [5, 5.41) is 12.8. The lowest BCUT2D eigenvalue weighted by Crippen LogP contribution is -2.44. The third-order valence-electron chi connectivity index (χ3n) is 2.13. The van der Waals surface area contributed by atoms with E-state index in [2.05, 4.69) is 5.10 Å². The Morgan fingerprint density at radius 1 is 1.71 bits per heavy atom. The molecule has 0 saturated carbocycles. The van der Waals surface area contributed by atoms with Gasteiger partial charge in [-0.2, -0.15) is 5.10 Å². The van der Waals surface area contributed by atoms with Crippen molar-refractivity contribution in [2.24, 2.45) is 5.73 Å². The summed E-state index contributed by atoms with van der Waals surface area (Å²) in [6.45, 7) is 2.23. The van der Waals surface area contributed by atoms with E-state index in [-0.39, 0.29) is 0 Å². The van der Waals surface area contributed by atoms with Crippen LogP contribution in [0.2, 0.25) is 0 Å². The van der Waals surface area contributed by atoms with E-state index < -0.39 is 11.5 Å². The van der Waals surface area contributed by atoms with Crippen LogP contribution >= 0.6 is 0 Å². The molecule has 0 fully saturated rings. The summed E-state index contributed by atoms with van der Waals surface area (Å²) in [6, 6.07) is 1.83. The number of carboxylic acid groups (broad SMARTS) is 1. The first-order chi connectivity index (χ1) is 6.52. The second-order valence-corrected chi connectivity index (χ2v) is 3.60. The van der Waals surface area contributed by atoms with Crippen molar-refractivity contribution in [1.29, 1.82) is 0 Å². The third-order valence-corrected chi connectivity index (χ3v) is 2.13. The molecule has 5 nitrogen and oxygen atoms in total. The molecule has 14 heavy (non-hydrogen) atoms. The van der Waals surface area contributed by atoms with Gasteiger partial charge in [0.15, 0.2) is 0 Å². The SMILES string of the molecule is CC(N)(CCCn1cccn1)C(=O)O. The van der Waals surface area contributed by atoms with E-state index in [1.807, 2.05) is 12.3 Å². The van der Waals surface area contributed by atoms with Crippen LogP contribution in [0, 0.1) is 0 Å². The number of aromatic nitrogens is 2. The van der Waals surface area contributed by atoms with Gasteiger partial charge in [0.25, 0.3) is 0 Å². The van der Waals surface area contributed by atoms with Crippen molar-refractivity contribution in [1.82, 2.24) is 9.78 Å². The molecule has 1 unspecified atom stereocenters. The van der Waals surface area contributed by atoms with Crippen molar-refractivity contribution in [3.63, 3.8) is 0 Å². The predicted molar refractivity (Wildman–Crippen MR) is 51.7 cm³/mol. The minimum absolute atomic E-state index is 0.447. The minimum Gasteiger partial charge on any atom is -0.480 e. The van der Waals surface area contributed by atoms with Gasteiger partial charge in [0.2, 0.25) is 0 Å². The van der Waals surface area contributed by atoms with Gasteiger partial charge >= 0.3 is 5.97 Å². The Morgan fingerprint density at radius 3 is 2.93 bits per heavy atom. The molecular formula is C9H15N3O2. The molecule has 5 heteroatoms. The van der Waals surface area contributed by atoms with Crippen molar-refractivity contribution < 1.29 is 9.90 Å². The first kappa shape index (κ1) is 10.7. The van der Waals surface area contributed by atoms with Crippen LogP contribution in [-0.2, 0) is 11.3 Å². The fourth-order valence-corrected chi connectivity index (χ4v) is 1.15. The highest BCUT2D eigenvalue weighted by Crippen LogP contribution is 2.09. The maximum atomic E-state index is 10.7. The van der Waals surface area contributed by atoms with Crippen molar-refractivity contribution in [2.75, 3.05) is 0 Å². The molecule has 78 valence electrons. The fourth-order valence-electron chi connectivity index (χ4n) is 1.15. The summed E-state index contributed by atoms with van der Waals surface area (Å²) in [4.78, 5) is 10.7. The number of hydrogen-bond donors (Lipinski definition) is 2. The molecule has 1 aromatic rings. The summed E-state index contributed by atoms with van der Waals surface area (Å²) in [6.07, 6.45) is 4.69. The average molecular weight is 197 g/mol. The molecule has 0 spiro atoms. The highest BCUT2D eigenvalue weighted by molar-refractivity contribution is 5.77. The van der Waals surface area contributed by atoms with Crippen LogP contribution in [0.25, 0.3) is 0 Å². The van der Waals surface area contributed by atoms with E-state index in [9.17, 15) is 4.79 Å². The first-order valence-corrected chi connectivity index (χ1v) is 4.52. The van der Waals surface area contributed by atoms with Gasteiger partial charge in [-0.25, -0.2) is 0 Å². The van der Waals surface area contributed by atoms with Crippen molar-refractivity contribution in [3.05, 3.63) is 18.5 Å². The third kappa shape index (κ3) is 2.85. The molecule has 3 N–H and O–H groups in total. The minimum atomic E-state index is -1.13. The van der Waals surface area contributed by atoms with Crippen molar-refractivity contribution in [2.45, 2.75) is 31.8 Å². The van der Waals surface area contributed by atoms with E-state index in [1.165, 1.54) is 6.92 Å². The van der Waals surface area contributed by atoms with Crippen LogP contribution in [-0.4, -0.2) is 26.4 Å². The second-order valence-electron chi connectivity index (χ2n) is 3.60. The van der Waals surface area contributed by atoms with Crippen LogP contribution in [0.4, 0.5) is 0 Å². The average Bonchev–Trinajstić information content (AvgIpc) is 2.56. The largest absolute Gasteiger partial charge is 0.480 e.